The molecule has 1 aromatic heterocycles. The van der Waals surface area contributed by atoms with Crippen LogP contribution in [0.2, 0.25) is 0 Å². The number of piperazine rings is 1. The summed E-state index contributed by atoms with van der Waals surface area (Å²) in [5.74, 6) is 2.43. The van der Waals surface area contributed by atoms with E-state index >= 15 is 0 Å². The summed E-state index contributed by atoms with van der Waals surface area (Å²) >= 11 is 0. The van der Waals surface area contributed by atoms with Gasteiger partial charge in [-0.05, 0) is 80.9 Å². The van der Waals surface area contributed by atoms with E-state index in [0.717, 1.165) is 61.5 Å². The van der Waals surface area contributed by atoms with Gasteiger partial charge in [0.25, 0.3) is 0 Å². The standard InChI is InChI=1S/C38H47N7O2.H2S/c1-4-35(46)45-20-19-44(24-31(45)15-17-39)37-32-16-18-43(34-10-6-9-30-8-5-7-26(2)36(30)34)25-33(32)40-38(41-37)47-27(3)21-42(22-28-11-12-28)23-29-13-14-29;/h4-10,27-29,31H,1,11-16,18-25H2,2-3H3;1H2/t27-,31?;/m0./s1. The topological polar surface area (TPSA) is 88.8 Å². The molecule has 0 N–H and O–H groups in total. The number of carbonyl (C=O) groups excluding carboxylic acids is 1. The van der Waals surface area contributed by atoms with E-state index in [2.05, 4.69) is 77.6 Å². The molecule has 3 fully saturated rings. The Hall–Kier alpha value is -3.81. The molecule has 1 unspecified atom stereocenters. The second-order valence-corrected chi connectivity index (χ2v) is 14.1. The molecule has 3 heterocycles. The zero-order valence-electron chi connectivity index (χ0n) is 28.4. The number of aryl methyl sites for hydroxylation is 1. The highest BCUT2D eigenvalue weighted by molar-refractivity contribution is 7.59. The van der Waals surface area contributed by atoms with Crippen LogP contribution in [0.1, 0.15) is 55.8 Å². The van der Waals surface area contributed by atoms with Crippen LogP contribution >= 0.6 is 13.5 Å². The molecule has 2 aliphatic carbocycles. The van der Waals surface area contributed by atoms with Crippen LogP contribution in [0.3, 0.4) is 0 Å². The maximum absolute atomic E-state index is 12.6. The van der Waals surface area contributed by atoms with E-state index in [1.54, 1.807) is 4.90 Å². The van der Waals surface area contributed by atoms with Crippen LogP contribution in [-0.2, 0) is 17.8 Å². The van der Waals surface area contributed by atoms with Crippen molar-refractivity contribution >= 4 is 41.7 Å². The van der Waals surface area contributed by atoms with E-state index in [4.69, 9.17) is 14.7 Å². The number of fused-ring (bicyclic) bond motifs is 2. The molecule has 9 nitrogen and oxygen atoms in total. The van der Waals surface area contributed by atoms with Crippen LogP contribution in [0.4, 0.5) is 11.5 Å². The molecule has 0 spiro atoms. The molecule has 0 bridgehead atoms. The fraction of sp³-hybridized carbons (Fsp3) is 0.526. The Morgan fingerprint density at radius 3 is 2.50 bits per heavy atom. The summed E-state index contributed by atoms with van der Waals surface area (Å²) in [5.41, 5.74) is 4.62. The molecule has 1 saturated heterocycles. The van der Waals surface area contributed by atoms with Gasteiger partial charge in [0, 0.05) is 62.5 Å². The first kappa shape index (κ1) is 34.1. The minimum absolute atomic E-state index is 0. The lowest BCUT2D eigenvalue weighted by Crippen LogP contribution is -2.55. The molecule has 10 heteroatoms. The number of rotatable bonds is 12. The molecule has 2 aliphatic heterocycles. The monoisotopic (exact) mass is 667 g/mol. The summed E-state index contributed by atoms with van der Waals surface area (Å²) < 4.78 is 6.59. The van der Waals surface area contributed by atoms with Gasteiger partial charge in [-0.15, -0.1) is 0 Å². The molecule has 3 aromatic rings. The van der Waals surface area contributed by atoms with Crippen molar-refractivity contribution in [3.63, 3.8) is 0 Å². The van der Waals surface area contributed by atoms with Crippen LogP contribution in [0.15, 0.2) is 49.1 Å². The van der Waals surface area contributed by atoms with Crippen molar-refractivity contribution in [1.29, 1.82) is 5.26 Å². The number of ether oxygens (including phenoxy) is 1. The van der Waals surface area contributed by atoms with Crippen LogP contribution in [0.25, 0.3) is 10.8 Å². The van der Waals surface area contributed by atoms with Gasteiger partial charge in [0.05, 0.1) is 30.8 Å². The highest BCUT2D eigenvalue weighted by Gasteiger charge is 2.34. The number of amides is 1. The fourth-order valence-electron chi connectivity index (χ4n) is 7.55. The molecule has 254 valence electrons. The Balaban J connectivity index is 0.00000401. The first-order valence-corrected chi connectivity index (χ1v) is 17.5. The van der Waals surface area contributed by atoms with Gasteiger partial charge < -0.3 is 19.4 Å². The Morgan fingerprint density at radius 2 is 1.81 bits per heavy atom. The third kappa shape index (κ3) is 7.58. The largest absolute Gasteiger partial charge is 0.459 e. The summed E-state index contributed by atoms with van der Waals surface area (Å²) in [5, 5.41) is 12.1. The first-order chi connectivity index (χ1) is 22.9. The summed E-state index contributed by atoms with van der Waals surface area (Å²) in [7, 11) is 0. The maximum atomic E-state index is 12.6. The molecule has 2 saturated carbocycles. The van der Waals surface area contributed by atoms with Crippen molar-refractivity contribution in [2.75, 3.05) is 55.6 Å². The summed E-state index contributed by atoms with van der Waals surface area (Å²) in [6, 6.07) is 15.5. The Kier molecular flexibility index (Phi) is 10.5. The zero-order valence-corrected chi connectivity index (χ0v) is 29.4. The minimum atomic E-state index is -0.231. The minimum Gasteiger partial charge on any atom is -0.459 e. The Morgan fingerprint density at radius 1 is 1.08 bits per heavy atom. The lowest BCUT2D eigenvalue weighted by atomic mass is 9.99. The predicted molar refractivity (Wildman–Crippen MR) is 196 cm³/mol. The Labute approximate surface area is 292 Å². The van der Waals surface area contributed by atoms with Crippen molar-refractivity contribution < 1.29 is 9.53 Å². The van der Waals surface area contributed by atoms with Crippen LogP contribution < -0.4 is 14.5 Å². The van der Waals surface area contributed by atoms with E-state index in [-0.39, 0.29) is 38.0 Å². The average Bonchev–Trinajstić information content (AvgIpc) is 4.02. The van der Waals surface area contributed by atoms with E-state index in [1.165, 1.54) is 53.8 Å². The molecule has 0 radical (unpaired) electrons. The van der Waals surface area contributed by atoms with Gasteiger partial charge in [-0.1, -0.05) is 36.9 Å². The van der Waals surface area contributed by atoms with Gasteiger partial charge in [-0.3, -0.25) is 9.69 Å². The Bertz CT molecular complexity index is 1660. The molecule has 7 rings (SSSR count). The number of hydrogen-bond donors (Lipinski definition) is 0. The lowest BCUT2D eigenvalue weighted by molar-refractivity contribution is -0.128. The summed E-state index contributed by atoms with van der Waals surface area (Å²) in [6.45, 7) is 14.4. The number of hydrogen-bond acceptors (Lipinski definition) is 8. The third-order valence-corrected chi connectivity index (χ3v) is 10.3. The molecule has 2 atom stereocenters. The molecular weight excluding hydrogens is 619 g/mol. The lowest BCUT2D eigenvalue weighted by Gasteiger charge is -2.42. The molecule has 4 aliphatic rings. The van der Waals surface area contributed by atoms with Crippen LogP contribution in [0.5, 0.6) is 6.01 Å². The first-order valence-electron chi connectivity index (χ1n) is 17.5. The highest BCUT2D eigenvalue weighted by atomic mass is 32.1. The van der Waals surface area contributed by atoms with Crippen molar-refractivity contribution in [3.05, 3.63) is 65.9 Å². The van der Waals surface area contributed by atoms with E-state index in [9.17, 15) is 10.1 Å². The highest BCUT2D eigenvalue weighted by Crippen LogP contribution is 2.37. The predicted octanol–water partition coefficient (Wildman–Crippen LogP) is 5.62. The number of carbonyl (C=O) groups is 1. The third-order valence-electron chi connectivity index (χ3n) is 10.3. The molecular formula is C38H49N7O2S. The number of benzene rings is 2. The fourth-order valence-corrected chi connectivity index (χ4v) is 7.55. The van der Waals surface area contributed by atoms with Gasteiger partial charge in [0.2, 0.25) is 5.91 Å². The van der Waals surface area contributed by atoms with Crippen LogP contribution in [-0.4, -0.2) is 83.6 Å². The van der Waals surface area contributed by atoms with Gasteiger partial charge in [0.1, 0.15) is 11.9 Å². The van der Waals surface area contributed by atoms with Crippen molar-refractivity contribution in [2.45, 2.75) is 71.1 Å². The van der Waals surface area contributed by atoms with E-state index < -0.39 is 0 Å². The van der Waals surface area contributed by atoms with Gasteiger partial charge in [0.15, 0.2) is 0 Å². The van der Waals surface area contributed by atoms with Gasteiger partial charge >= 0.3 is 6.01 Å². The normalized spacial score (nSPS) is 19.8. The quantitative estimate of drug-likeness (QED) is 0.230. The average molecular weight is 668 g/mol. The second kappa shape index (κ2) is 14.8. The number of anilines is 2. The molecule has 48 heavy (non-hydrogen) atoms. The molecule has 1 amide bonds. The van der Waals surface area contributed by atoms with Crippen molar-refractivity contribution in [1.82, 2.24) is 19.8 Å². The van der Waals surface area contributed by atoms with Gasteiger partial charge in [-0.25, -0.2) is 0 Å². The number of nitrogens with zero attached hydrogens (tertiary/aromatic N) is 7. The zero-order chi connectivity index (χ0) is 32.5. The van der Waals surface area contributed by atoms with Gasteiger partial charge in [-0.2, -0.15) is 28.7 Å². The number of nitriles is 1. The summed E-state index contributed by atoms with van der Waals surface area (Å²) in [6.07, 6.45) is 7.74. The summed E-state index contributed by atoms with van der Waals surface area (Å²) in [4.78, 5) is 31.9. The van der Waals surface area contributed by atoms with Crippen LogP contribution in [0, 0.1) is 30.1 Å². The second-order valence-electron chi connectivity index (χ2n) is 14.1. The molecule has 2 aromatic carbocycles. The number of aromatic nitrogens is 2. The van der Waals surface area contributed by atoms with Crippen molar-refractivity contribution in [2.24, 2.45) is 11.8 Å². The maximum Gasteiger partial charge on any atom is 0.318 e. The van der Waals surface area contributed by atoms with E-state index in [0.29, 0.717) is 32.2 Å². The van der Waals surface area contributed by atoms with Crippen molar-refractivity contribution in [3.8, 4) is 12.1 Å². The smallest absolute Gasteiger partial charge is 0.318 e. The van der Waals surface area contributed by atoms with E-state index in [1.807, 2.05) is 0 Å². The SMILES string of the molecule is C=CC(=O)N1CCN(c2nc(O[C@@H](C)CN(CC3CC3)CC3CC3)nc3c2CCN(c2cccc4cccc(C)c24)C3)CC1CC#N.S.